The zero-order valence-electron chi connectivity index (χ0n) is 18.0. The highest BCUT2D eigenvalue weighted by molar-refractivity contribution is 6.31. The molecule has 2 aromatic heterocycles. The molecule has 168 valence electrons. The zero-order chi connectivity index (χ0) is 23.7. The standard InChI is InChI=1S/C25H18ClN5O3/c1-2-20-23(22(25(32)33)19-12-9-15(26)13-21(19)27-20)34-16-10-7-14(8-11-16)17-5-3-4-6-18(17)24-28-30-31-29-24/h3-13H,2H2,1H3,(H,32,33)(H,28,29,30,31). The molecule has 0 saturated heterocycles. The van der Waals surface area contributed by atoms with Gasteiger partial charge in [0.05, 0.1) is 11.2 Å². The largest absolute Gasteiger partial charge is 0.478 e. The van der Waals surface area contributed by atoms with Crippen molar-refractivity contribution in [1.29, 1.82) is 0 Å². The smallest absolute Gasteiger partial charge is 0.340 e. The molecule has 0 bridgehead atoms. The minimum atomic E-state index is -1.09. The summed E-state index contributed by atoms with van der Waals surface area (Å²) in [5.74, 6) is 0.125. The number of benzene rings is 3. The van der Waals surface area contributed by atoms with E-state index in [1.54, 1.807) is 30.3 Å². The van der Waals surface area contributed by atoms with Crippen molar-refractivity contribution in [2.24, 2.45) is 0 Å². The Morgan fingerprint density at radius 2 is 1.82 bits per heavy atom. The van der Waals surface area contributed by atoms with Gasteiger partial charge in [-0.15, -0.1) is 10.2 Å². The second-order valence-corrected chi connectivity index (χ2v) is 7.93. The molecule has 2 N–H and O–H groups in total. The molecule has 8 nitrogen and oxygen atoms in total. The third-order valence-corrected chi connectivity index (χ3v) is 5.66. The lowest BCUT2D eigenvalue weighted by Gasteiger charge is -2.15. The van der Waals surface area contributed by atoms with Crippen molar-refractivity contribution in [2.75, 3.05) is 0 Å². The molecule has 0 fully saturated rings. The van der Waals surface area contributed by atoms with Crippen LogP contribution in [0.4, 0.5) is 0 Å². The van der Waals surface area contributed by atoms with Crippen LogP contribution >= 0.6 is 11.6 Å². The Bertz CT molecular complexity index is 1500. The number of nitrogens with one attached hydrogen (secondary N) is 1. The summed E-state index contributed by atoms with van der Waals surface area (Å²) in [6.07, 6.45) is 0.494. The molecule has 0 saturated carbocycles. The predicted octanol–water partition coefficient (Wildman–Crippen LogP) is 5.79. The number of aromatic amines is 1. The molecule has 3 aromatic carbocycles. The molecule has 0 spiro atoms. The van der Waals surface area contributed by atoms with Crippen molar-refractivity contribution in [2.45, 2.75) is 13.3 Å². The molecule has 0 radical (unpaired) electrons. The van der Waals surface area contributed by atoms with E-state index in [1.807, 2.05) is 43.3 Å². The molecule has 34 heavy (non-hydrogen) atoms. The summed E-state index contributed by atoms with van der Waals surface area (Å²) in [5.41, 5.74) is 3.81. The number of carboxylic acid groups (broad SMARTS) is 1. The quantitative estimate of drug-likeness (QED) is 0.322. The Kier molecular flexibility index (Phi) is 5.65. The van der Waals surface area contributed by atoms with Crippen molar-refractivity contribution in [3.05, 3.63) is 83.0 Å². The van der Waals surface area contributed by atoms with Crippen LogP contribution in [0.5, 0.6) is 11.5 Å². The van der Waals surface area contributed by atoms with Crippen LogP contribution < -0.4 is 4.74 Å². The molecule has 0 aliphatic carbocycles. The van der Waals surface area contributed by atoms with Crippen molar-refractivity contribution in [1.82, 2.24) is 25.6 Å². The Morgan fingerprint density at radius 3 is 2.50 bits per heavy atom. The van der Waals surface area contributed by atoms with Crippen molar-refractivity contribution in [3.8, 4) is 34.0 Å². The number of H-pyrrole nitrogens is 1. The number of aromatic carboxylic acids is 1. The normalized spacial score (nSPS) is 11.0. The summed E-state index contributed by atoms with van der Waals surface area (Å²) < 4.78 is 6.11. The summed E-state index contributed by atoms with van der Waals surface area (Å²) in [4.78, 5) is 16.8. The Balaban J connectivity index is 1.55. The van der Waals surface area contributed by atoms with E-state index in [4.69, 9.17) is 16.3 Å². The lowest BCUT2D eigenvalue weighted by atomic mass is 9.99. The van der Waals surface area contributed by atoms with Gasteiger partial charge in [0, 0.05) is 16.0 Å². The van der Waals surface area contributed by atoms with Crippen LogP contribution in [0.3, 0.4) is 0 Å². The highest BCUT2D eigenvalue weighted by Gasteiger charge is 2.22. The molecule has 5 aromatic rings. The monoisotopic (exact) mass is 471 g/mol. The first-order valence-electron chi connectivity index (χ1n) is 10.5. The van der Waals surface area contributed by atoms with Gasteiger partial charge in [-0.3, -0.25) is 0 Å². The zero-order valence-corrected chi connectivity index (χ0v) is 18.7. The number of nitrogens with zero attached hydrogens (tertiary/aromatic N) is 4. The Labute approximate surface area is 199 Å². The first-order chi connectivity index (χ1) is 16.5. The van der Waals surface area contributed by atoms with Gasteiger partial charge in [-0.1, -0.05) is 61.0 Å². The number of ether oxygens (including phenoxy) is 1. The van der Waals surface area contributed by atoms with E-state index in [-0.39, 0.29) is 11.3 Å². The minimum absolute atomic E-state index is 0.0602. The van der Waals surface area contributed by atoms with E-state index in [0.717, 1.165) is 16.7 Å². The number of carbonyl (C=O) groups is 1. The van der Waals surface area contributed by atoms with E-state index in [2.05, 4.69) is 25.6 Å². The lowest BCUT2D eigenvalue weighted by molar-refractivity contribution is 0.0696. The van der Waals surface area contributed by atoms with Gasteiger partial charge in [0.2, 0.25) is 5.82 Å². The Morgan fingerprint density at radius 1 is 1.06 bits per heavy atom. The number of pyridine rings is 1. The van der Waals surface area contributed by atoms with Crippen LogP contribution in [0, 0.1) is 0 Å². The minimum Gasteiger partial charge on any atom is -0.478 e. The molecule has 5 rings (SSSR count). The first kappa shape index (κ1) is 21.5. The number of aromatic nitrogens is 5. The number of fused-ring (bicyclic) bond motifs is 1. The highest BCUT2D eigenvalue weighted by Crippen LogP contribution is 2.36. The molecular weight excluding hydrogens is 454 g/mol. The molecule has 0 atom stereocenters. The van der Waals surface area contributed by atoms with E-state index in [1.165, 1.54) is 0 Å². The number of tetrazole rings is 1. The second-order valence-electron chi connectivity index (χ2n) is 7.49. The van der Waals surface area contributed by atoms with Crippen molar-refractivity contribution in [3.63, 3.8) is 0 Å². The fourth-order valence-electron chi connectivity index (χ4n) is 3.86. The molecule has 0 aliphatic heterocycles. The summed E-state index contributed by atoms with van der Waals surface area (Å²) >= 11 is 6.09. The topological polar surface area (TPSA) is 114 Å². The molecule has 0 amide bonds. The number of aryl methyl sites for hydroxylation is 1. The van der Waals surface area contributed by atoms with Crippen LogP contribution in [-0.2, 0) is 6.42 Å². The molecule has 2 heterocycles. The van der Waals surface area contributed by atoms with Crippen molar-refractivity contribution >= 4 is 28.5 Å². The van der Waals surface area contributed by atoms with E-state index < -0.39 is 5.97 Å². The molecular formula is C25H18ClN5O3. The number of halogens is 1. The highest BCUT2D eigenvalue weighted by atomic mass is 35.5. The number of hydrogen-bond donors (Lipinski definition) is 2. The van der Waals surface area contributed by atoms with Crippen LogP contribution in [0.25, 0.3) is 33.4 Å². The van der Waals surface area contributed by atoms with E-state index in [0.29, 0.717) is 39.6 Å². The summed E-state index contributed by atoms with van der Waals surface area (Å²) in [5, 5.41) is 25.2. The maximum atomic E-state index is 12.2. The number of rotatable bonds is 6. The van der Waals surface area contributed by atoms with Crippen molar-refractivity contribution < 1.29 is 14.6 Å². The summed E-state index contributed by atoms with van der Waals surface area (Å²) in [6, 6.07) is 20.1. The average molecular weight is 472 g/mol. The SMILES string of the molecule is CCc1nc2cc(Cl)ccc2c(C(=O)O)c1Oc1ccc(-c2ccccc2-c2nn[nH]n2)cc1. The first-order valence-corrected chi connectivity index (χ1v) is 10.9. The van der Waals surface area contributed by atoms with Gasteiger partial charge in [0.1, 0.15) is 11.3 Å². The molecule has 9 heteroatoms. The number of carboxylic acids is 1. The Hall–Kier alpha value is -4.30. The fraction of sp³-hybridized carbons (Fsp3) is 0.0800. The maximum absolute atomic E-state index is 12.2. The van der Waals surface area contributed by atoms with Gasteiger partial charge >= 0.3 is 5.97 Å². The van der Waals surface area contributed by atoms with Gasteiger partial charge in [0.25, 0.3) is 0 Å². The molecule has 0 aliphatic rings. The van der Waals surface area contributed by atoms with Gasteiger partial charge in [-0.2, -0.15) is 5.21 Å². The lowest BCUT2D eigenvalue weighted by Crippen LogP contribution is -2.06. The summed E-state index contributed by atoms with van der Waals surface area (Å²) in [6.45, 7) is 1.90. The van der Waals surface area contributed by atoms with Crippen LogP contribution in [-0.4, -0.2) is 36.7 Å². The van der Waals surface area contributed by atoms with Gasteiger partial charge in [0.15, 0.2) is 5.75 Å². The molecule has 0 unspecified atom stereocenters. The second kappa shape index (κ2) is 8.92. The third-order valence-electron chi connectivity index (χ3n) is 5.42. The number of hydrogen-bond acceptors (Lipinski definition) is 6. The van der Waals surface area contributed by atoms with Crippen LogP contribution in [0.1, 0.15) is 23.0 Å². The fourth-order valence-corrected chi connectivity index (χ4v) is 4.03. The third kappa shape index (κ3) is 3.95. The van der Waals surface area contributed by atoms with Gasteiger partial charge < -0.3 is 9.84 Å². The predicted molar refractivity (Wildman–Crippen MR) is 128 cm³/mol. The summed E-state index contributed by atoms with van der Waals surface area (Å²) in [7, 11) is 0. The maximum Gasteiger partial charge on any atom is 0.340 e. The van der Waals surface area contributed by atoms with Gasteiger partial charge in [-0.25, -0.2) is 9.78 Å². The van der Waals surface area contributed by atoms with Crippen LogP contribution in [0.15, 0.2) is 66.7 Å². The van der Waals surface area contributed by atoms with Crippen LogP contribution in [0.2, 0.25) is 5.02 Å². The van der Waals surface area contributed by atoms with E-state index >= 15 is 0 Å². The van der Waals surface area contributed by atoms with E-state index in [9.17, 15) is 9.90 Å². The van der Waals surface area contributed by atoms with Gasteiger partial charge in [-0.05, 0) is 47.0 Å². The average Bonchev–Trinajstić information content (AvgIpc) is 3.39.